The number of carbonyl (C=O) groups is 1. The van der Waals surface area contributed by atoms with E-state index in [-0.39, 0.29) is 10.8 Å². The van der Waals surface area contributed by atoms with Crippen molar-refractivity contribution in [2.45, 2.75) is 67.1 Å². The molecular formula is C27H32O2S. The number of benzene rings is 3. The zero-order valence-corrected chi connectivity index (χ0v) is 19.6. The summed E-state index contributed by atoms with van der Waals surface area (Å²) in [4.78, 5) is 15.2. The highest BCUT2D eigenvalue weighted by Crippen LogP contribution is 2.53. The van der Waals surface area contributed by atoms with Crippen molar-refractivity contribution in [3.63, 3.8) is 0 Å². The minimum absolute atomic E-state index is 0.0780. The number of aromatic carboxylic acids is 1. The third-order valence-electron chi connectivity index (χ3n) is 5.36. The number of rotatable bonds is 4. The predicted octanol–water partition coefficient (Wildman–Crippen LogP) is 7.46. The molecule has 0 aromatic heterocycles. The standard InChI is InChI=1S/C27H32O2S/c1-26(2,3)19-11-15-21(16-12-19)30(24-10-8-7-9-23(24)25(28)29)22-17-13-20(14-18-22)27(4,5)6/h7-18,30H,1-6H3,(H,28,29). The monoisotopic (exact) mass is 420 g/mol. The molecule has 0 heterocycles. The van der Waals surface area contributed by atoms with Crippen molar-refractivity contribution in [1.29, 1.82) is 0 Å². The Labute approximate surface area is 183 Å². The molecule has 158 valence electrons. The number of hydrogen-bond acceptors (Lipinski definition) is 1. The van der Waals surface area contributed by atoms with Crippen molar-refractivity contribution in [2.75, 3.05) is 0 Å². The molecule has 0 aliphatic carbocycles. The molecule has 3 aromatic rings. The van der Waals surface area contributed by atoms with E-state index in [0.717, 1.165) is 14.7 Å². The van der Waals surface area contributed by atoms with Crippen LogP contribution in [0.3, 0.4) is 0 Å². The molecule has 0 spiro atoms. The molecule has 3 aromatic carbocycles. The number of thiol groups is 1. The van der Waals surface area contributed by atoms with Crippen LogP contribution >= 0.6 is 10.9 Å². The Bertz CT molecular complexity index is 963. The summed E-state index contributed by atoms with van der Waals surface area (Å²) in [5, 5.41) is 9.82. The van der Waals surface area contributed by atoms with Gasteiger partial charge in [-0.3, -0.25) is 0 Å². The zero-order valence-electron chi connectivity index (χ0n) is 18.7. The molecule has 0 unspecified atom stereocenters. The molecule has 0 amide bonds. The average Bonchev–Trinajstić information content (AvgIpc) is 2.68. The Balaban J connectivity index is 2.16. The van der Waals surface area contributed by atoms with E-state index in [2.05, 4.69) is 90.1 Å². The molecule has 1 N–H and O–H groups in total. The summed E-state index contributed by atoms with van der Waals surface area (Å²) in [6, 6.07) is 24.8. The van der Waals surface area contributed by atoms with Crippen molar-refractivity contribution < 1.29 is 9.90 Å². The van der Waals surface area contributed by atoms with Gasteiger partial charge in [0.2, 0.25) is 0 Å². The Kier molecular flexibility index (Phi) is 6.14. The van der Waals surface area contributed by atoms with Crippen molar-refractivity contribution in [1.82, 2.24) is 0 Å². The second kappa shape index (κ2) is 8.31. The van der Waals surface area contributed by atoms with E-state index in [0.29, 0.717) is 5.56 Å². The summed E-state index contributed by atoms with van der Waals surface area (Å²) in [6.07, 6.45) is 0. The van der Waals surface area contributed by atoms with Crippen LogP contribution in [-0.2, 0) is 10.8 Å². The van der Waals surface area contributed by atoms with Crippen molar-refractivity contribution >= 4 is 16.9 Å². The third-order valence-corrected chi connectivity index (χ3v) is 7.86. The van der Waals surface area contributed by atoms with Crippen LogP contribution in [0.15, 0.2) is 87.5 Å². The van der Waals surface area contributed by atoms with Gasteiger partial charge in [-0.2, -0.15) is 10.9 Å². The van der Waals surface area contributed by atoms with Gasteiger partial charge in [-0.15, -0.1) is 0 Å². The van der Waals surface area contributed by atoms with Crippen LogP contribution in [0.25, 0.3) is 0 Å². The van der Waals surface area contributed by atoms with E-state index in [9.17, 15) is 9.90 Å². The van der Waals surface area contributed by atoms with Gasteiger partial charge in [0.05, 0.1) is 5.56 Å². The Morgan fingerprint density at radius 1 is 0.667 bits per heavy atom. The highest BCUT2D eigenvalue weighted by molar-refractivity contribution is 8.17. The van der Waals surface area contributed by atoms with Crippen LogP contribution in [-0.4, -0.2) is 11.1 Å². The maximum absolute atomic E-state index is 12.0. The molecule has 0 saturated heterocycles. The minimum atomic E-state index is -0.977. The van der Waals surface area contributed by atoms with Gasteiger partial charge < -0.3 is 5.11 Å². The molecule has 30 heavy (non-hydrogen) atoms. The quantitative estimate of drug-likeness (QED) is 0.430. The molecule has 3 rings (SSSR count). The minimum Gasteiger partial charge on any atom is -0.478 e. The Morgan fingerprint density at radius 2 is 1.07 bits per heavy atom. The highest BCUT2D eigenvalue weighted by atomic mass is 32.2. The van der Waals surface area contributed by atoms with Crippen LogP contribution in [0.4, 0.5) is 0 Å². The largest absolute Gasteiger partial charge is 0.478 e. The van der Waals surface area contributed by atoms with Gasteiger partial charge in [0.25, 0.3) is 0 Å². The number of carboxylic acid groups (broad SMARTS) is 1. The van der Waals surface area contributed by atoms with E-state index in [1.807, 2.05) is 12.1 Å². The lowest BCUT2D eigenvalue weighted by Crippen LogP contribution is -2.11. The molecule has 3 heteroatoms. The normalized spacial score (nSPS) is 12.5. The topological polar surface area (TPSA) is 37.3 Å². The first-order valence-electron chi connectivity index (χ1n) is 10.3. The lowest BCUT2D eigenvalue weighted by atomic mass is 9.87. The first-order valence-corrected chi connectivity index (χ1v) is 11.7. The zero-order chi connectivity index (χ0) is 22.1. The summed E-state index contributed by atoms with van der Waals surface area (Å²) < 4.78 is 0. The second-order valence-electron chi connectivity index (χ2n) is 9.75. The Hall–Kier alpha value is -2.52. The summed E-state index contributed by atoms with van der Waals surface area (Å²) >= 11 is 0. The van der Waals surface area contributed by atoms with Gasteiger partial charge in [0, 0.05) is 4.90 Å². The second-order valence-corrected chi connectivity index (χ2v) is 11.9. The fraction of sp³-hybridized carbons (Fsp3) is 0.296. The van der Waals surface area contributed by atoms with Crippen LogP contribution in [0.2, 0.25) is 0 Å². The van der Waals surface area contributed by atoms with Crippen molar-refractivity contribution in [3.05, 3.63) is 89.5 Å². The first kappa shape index (κ1) is 22.2. The smallest absolute Gasteiger partial charge is 0.336 e. The lowest BCUT2D eigenvalue weighted by Gasteiger charge is -2.27. The molecule has 0 atom stereocenters. The van der Waals surface area contributed by atoms with Crippen LogP contribution in [0.5, 0.6) is 0 Å². The molecule has 0 bridgehead atoms. The van der Waals surface area contributed by atoms with E-state index >= 15 is 0 Å². The SMILES string of the molecule is CC(C)(C)c1ccc([SH](c2ccc(C(C)(C)C)cc2)c2ccccc2C(=O)O)cc1. The fourth-order valence-electron chi connectivity index (χ4n) is 3.50. The van der Waals surface area contributed by atoms with Gasteiger partial charge in [0.15, 0.2) is 0 Å². The van der Waals surface area contributed by atoms with Gasteiger partial charge in [-0.05, 0) is 68.1 Å². The third kappa shape index (κ3) is 4.79. The van der Waals surface area contributed by atoms with Crippen LogP contribution in [0, 0.1) is 0 Å². The molecule has 0 saturated carbocycles. The molecular weight excluding hydrogens is 388 g/mol. The van der Waals surface area contributed by atoms with Gasteiger partial charge in [0.1, 0.15) is 0 Å². The number of carboxylic acids is 1. The molecule has 0 aliphatic heterocycles. The average molecular weight is 421 g/mol. The van der Waals surface area contributed by atoms with Crippen LogP contribution < -0.4 is 0 Å². The Morgan fingerprint density at radius 3 is 1.43 bits per heavy atom. The van der Waals surface area contributed by atoms with E-state index in [1.54, 1.807) is 12.1 Å². The van der Waals surface area contributed by atoms with E-state index in [4.69, 9.17) is 0 Å². The maximum Gasteiger partial charge on any atom is 0.336 e. The summed E-state index contributed by atoms with van der Waals surface area (Å²) in [6.45, 7) is 13.2. The molecule has 0 radical (unpaired) electrons. The molecule has 2 nitrogen and oxygen atoms in total. The van der Waals surface area contributed by atoms with Gasteiger partial charge in [-0.1, -0.05) is 77.9 Å². The summed E-state index contributed by atoms with van der Waals surface area (Å²) in [7, 11) is -0.977. The lowest BCUT2D eigenvalue weighted by molar-refractivity contribution is 0.0693. The molecule has 0 aliphatic rings. The maximum atomic E-state index is 12.0. The number of hydrogen-bond donors (Lipinski definition) is 2. The first-order chi connectivity index (χ1) is 14.0. The van der Waals surface area contributed by atoms with Gasteiger partial charge in [-0.25, -0.2) is 4.79 Å². The van der Waals surface area contributed by atoms with E-state index in [1.165, 1.54) is 11.1 Å². The summed E-state index contributed by atoms with van der Waals surface area (Å²) in [5.41, 5.74) is 3.08. The highest BCUT2D eigenvalue weighted by Gasteiger charge is 2.21. The predicted molar refractivity (Wildman–Crippen MR) is 127 cm³/mol. The van der Waals surface area contributed by atoms with Crippen molar-refractivity contribution in [2.24, 2.45) is 0 Å². The van der Waals surface area contributed by atoms with Gasteiger partial charge >= 0.3 is 5.97 Å². The van der Waals surface area contributed by atoms with Crippen LogP contribution in [0.1, 0.15) is 63.0 Å². The summed E-state index contributed by atoms with van der Waals surface area (Å²) in [5.74, 6) is -0.879. The van der Waals surface area contributed by atoms with E-state index < -0.39 is 16.9 Å². The fourth-order valence-corrected chi connectivity index (χ4v) is 5.89. The van der Waals surface area contributed by atoms with Crippen molar-refractivity contribution in [3.8, 4) is 0 Å². The molecule has 0 fully saturated rings.